The van der Waals surface area contributed by atoms with Crippen molar-refractivity contribution in [1.29, 1.82) is 0 Å². The predicted octanol–water partition coefficient (Wildman–Crippen LogP) is 3.94. The Hall–Kier alpha value is -4.21. The number of nitrogens with one attached hydrogen (secondary N) is 2. The number of halogens is 1. The fourth-order valence-corrected chi connectivity index (χ4v) is 3.95. The minimum absolute atomic E-state index is 0.0215. The van der Waals surface area contributed by atoms with Crippen molar-refractivity contribution in [3.8, 4) is 16.9 Å². The summed E-state index contributed by atoms with van der Waals surface area (Å²) < 4.78 is 6.86. The largest absolute Gasteiger partial charge is 0.384 e. The van der Waals surface area contributed by atoms with Gasteiger partial charge in [-0.3, -0.25) is 9.59 Å². The molecule has 0 radical (unpaired) electrons. The van der Waals surface area contributed by atoms with Crippen LogP contribution in [0.4, 0.5) is 11.6 Å². The van der Waals surface area contributed by atoms with Crippen LogP contribution in [0.3, 0.4) is 0 Å². The molecule has 5 rings (SSSR count). The van der Waals surface area contributed by atoms with Crippen LogP contribution in [0, 0.1) is 0 Å². The van der Waals surface area contributed by atoms with E-state index in [0.717, 1.165) is 6.42 Å². The molecule has 1 aliphatic rings. The van der Waals surface area contributed by atoms with Gasteiger partial charge >= 0.3 is 0 Å². The fraction of sp³-hybridized carbons (Fsp3) is 0.154. The number of nitrogen functional groups attached to an aromatic ring is 1. The number of nitrogens with zero attached hydrogens (tertiary/aromatic N) is 3. The quantitative estimate of drug-likeness (QED) is 0.351. The van der Waals surface area contributed by atoms with Crippen molar-refractivity contribution in [1.82, 2.24) is 20.1 Å². The number of hydrogen-bond donors (Lipinski definition) is 3. The summed E-state index contributed by atoms with van der Waals surface area (Å²) in [5.74, 6) is -0.129. The van der Waals surface area contributed by atoms with E-state index in [9.17, 15) is 9.59 Å². The second-order valence-electron chi connectivity index (χ2n) is 8.25. The second-order valence-corrected chi connectivity index (χ2v) is 8.66. The molecular formula is C26H23ClN6O3. The average Bonchev–Trinajstić information content (AvgIpc) is 3.27. The predicted molar refractivity (Wildman–Crippen MR) is 137 cm³/mol. The maximum Gasteiger partial charge on any atom is 0.271 e. The summed E-state index contributed by atoms with van der Waals surface area (Å²) in [6.45, 7) is 1.11. The molecular weight excluding hydrogens is 480 g/mol. The number of hydrogen-bond acceptors (Lipinski definition) is 6. The number of anilines is 2. The Morgan fingerprint density at radius 2 is 1.86 bits per heavy atom. The minimum Gasteiger partial charge on any atom is -0.384 e. The summed E-state index contributed by atoms with van der Waals surface area (Å²) in [7, 11) is 0. The van der Waals surface area contributed by atoms with E-state index in [2.05, 4.69) is 20.7 Å². The highest BCUT2D eigenvalue weighted by Crippen LogP contribution is 2.26. The third-order valence-electron chi connectivity index (χ3n) is 5.75. The monoisotopic (exact) mass is 502 g/mol. The Morgan fingerprint density at radius 1 is 1.06 bits per heavy atom. The molecule has 3 heterocycles. The van der Waals surface area contributed by atoms with Crippen molar-refractivity contribution >= 4 is 35.1 Å². The molecule has 1 saturated heterocycles. The minimum atomic E-state index is -0.460. The molecule has 0 aliphatic carbocycles. The first-order valence-electron chi connectivity index (χ1n) is 11.4. The normalized spacial score (nSPS) is 14.6. The van der Waals surface area contributed by atoms with Gasteiger partial charge in [0.2, 0.25) is 0 Å². The van der Waals surface area contributed by atoms with Crippen molar-refractivity contribution in [2.45, 2.75) is 12.5 Å². The van der Waals surface area contributed by atoms with Crippen LogP contribution in [0.15, 0.2) is 72.8 Å². The molecule has 36 heavy (non-hydrogen) atoms. The van der Waals surface area contributed by atoms with Crippen molar-refractivity contribution in [2.75, 3.05) is 24.2 Å². The number of rotatable bonds is 7. The van der Waals surface area contributed by atoms with E-state index in [-0.39, 0.29) is 28.3 Å². The van der Waals surface area contributed by atoms with E-state index in [1.54, 1.807) is 36.4 Å². The van der Waals surface area contributed by atoms with Crippen LogP contribution in [-0.2, 0) is 4.74 Å². The molecule has 1 unspecified atom stereocenters. The van der Waals surface area contributed by atoms with Gasteiger partial charge in [-0.25, -0.2) is 9.67 Å². The second kappa shape index (κ2) is 10.2. The smallest absolute Gasteiger partial charge is 0.271 e. The summed E-state index contributed by atoms with van der Waals surface area (Å²) in [6, 6.07) is 21.0. The number of para-hydroxylation sites is 1. The third-order valence-corrected chi connectivity index (χ3v) is 6.08. The van der Waals surface area contributed by atoms with Gasteiger partial charge in [0.05, 0.1) is 28.1 Å². The number of pyridine rings is 1. The molecule has 4 N–H and O–H groups in total. The van der Waals surface area contributed by atoms with Gasteiger partial charge in [-0.1, -0.05) is 41.9 Å². The van der Waals surface area contributed by atoms with E-state index < -0.39 is 5.91 Å². The zero-order valence-corrected chi connectivity index (χ0v) is 19.9. The molecule has 1 fully saturated rings. The van der Waals surface area contributed by atoms with Crippen molar-refractivity contribution in [2.24, 2.45) is 0 Å². The van der Waals surface area contributed by atoms with Crippen molar-refractivity contribution in [3.63, 3.8) is 0 Å². The molecule has 0 spiro atoms. The number of carbonyl (C=O) groups excluding carboxylic acids is 2. The summed E-state index contributed by atoms with van der Waals surface area (Å²) in [4.78, 5) is 30.4. The van der Waals surface area contributed by atoms with Gasteiger partial charge in [0, 0.05) is 24.8 Å². The first-order valence-corrected chi connectivity index (χ1v) is 11.7. The van der Waals surface area contributed by atoms with E-state index in [4.69, 9.17) is 22.1 Å². The summed E-state index contributed by atoms with van der Waals surface area (Å²) in [5.41, 5.74) is 8.20. The van der Waals surface area contributed by atoms with Gasteiger partial charge in [0.25, 0.3) is 11.8 Å². The molecule has 10 heteroatoms. The van der Waals surface area contributed by atoms with Crippen LogP contribution < -0.4 is 16.4 Å². The molecule has 2 aromatic heterocycles. The maximum atomic E-state index is 13.3. The molecule has 9 nitrogen and oxygen atoms in total. The van der Waals surface area contributed by atoms with Gasteiger partial charge in [0.1, 0.15) is 11.6 Å². The van der Waals surface area contributed by atoms with Crippen LogP contribution in [0.5, 0.6) is 0 Å². The first kappa shape index (κ1) is 23.5. The molecule has 1 aliphatic heterocycles. The summed E-state index contributed by atoms with van der Waals surface area (Å²) >= 11 is 6.37. The van der Waals surface area contributed by atoms with Gasteiger partial charge in [0.15, 0.2) is 5.69 Å². The maximum absolute atomic E-state index is 13.3. The molecule has 2 amide bonds. The number of amides is 2. The highest BCUT2D eigenvalue weighted by molar-refractivity contribution is 6.34. The van der Waals surface area contributed by atoms with E-state index in [1.807, 2.05) is 30.3 Å². The van der Waals surface area contributed by atoms with Crippen LogP contribution in [0.2, 0.25) is 5.02 Å². The Kier molecular flexibility index (Phi) is 6.66. The van der Waals surface area contributed by atoms with Gasteiger partial charge < -0.3 is 21.1 Å². The van der Waals surface area contributed by atoms with Crippen molar-refractivity contribution in [3.05, 3.63) is 89.1 Å². The molecule has 2 aromatic carbocycles. The lowest BCUT2D eigenvalue weighted by molar-refractivity contribution is -0.0473. The number of nitrogens with two attached hydrogens (primary N) is 1. The Morgan fingerprint density at radius 3 is 2.58 bits per heavy atom. The highest BCUT2D eigenvalue weighted by atomic mass is 35.5. The topological polar surface area (TPSA) is 124 Å². The van der Waals surface area contributed by atoms with Crippen LogP contribution in [0.1, 0.15) is 27.3 Å². The number of aromatic nitrogens is 3. The Labute approximate surface area is 212 Å². The van der Waals surface area contributed by atoms with E-state index >= 15 is 0 Å². The molecule has 1 atom stereocenters. The fourth-order valence-electron chi connectivity index (χ4n) is 3.74. The highest BCUT2D eigenvalue weighted by Gasteiger charge is 2.22. The van der Waals surface area contributed by atoms with E-state index in [0.29, 0.717) is 41.7 Å². The van der Waals surface area contributed by atoms with E-state index in [1.165, 1.54) is 10.7 Å². The summed E-state index contributed by atoms with van der Waals surface area (Å²) in [6.07, 6.45) is 0.929. The van der Waals surface area contributed by atoms with Crippen molar-refractivity contribution < 1.29 is 14.3 Å². The lowest BCUT2D eigenvalue weighted by Crippen LogP contribution is -2.39. The average molecular weight is 503 g/mol. The molecule has 0 bridgehead atoms. The van der Waals surface area contributed by atoms with Crippen LogP contribution in [-0.4, -0.2) is 45.8 Å². The first-order chi connectivity index (χ1) is 17.5. The van der Waals surface area contributed by atoms with Crippen LogP contribution >= 0.6 is 11.6 Å². The lowest BCUT2D eigenvalue weighted by Gasteiger charge is -2.26. The summed E-state index contributed by atoms with van der Waals surface area (Å²) in [5, 5.41) is 10.4. The van der Waals surface area contributed by atoms with Gasteiger partial charge in [-0.05, 0) is 42.8 Å². The Balaban J connectivity index is 1.43. The zero-order valence-electron chi connectivity index (χ0n) is 19.1. The standard InChI is InChI=1S/C26H23ClN6O3/c27-20-10-9-16(21-7-4-8-23(28)30-21)13-19(20)25(34)31-24-14-22(26(35)29-15-18-11-12-36-18)32-33(24)17-5-2-1-3-6-17/h1-10,13-14,18H,11-12,15H2,(H2,28,30)(H,29,35)(H,31,34). The Bertz CT molecular complexity index is 1420. The third kappa shape index (κ3) is 5.07. The van der Waals surface area contributed by atoms with Crippen LogP contribution in [0.25, 0.3) is 16.9 Å². The SMILES string of the molecule is Nc1cccc(-c2ccc(Cl)c(C(=O)Nc3cc(C(=O)NCC4CCO4)nn3-c3ccccc3)c2)n1. The number of benzene rings is 2. The number of carbonyl (C=O) groups is 2. The molecule has 0 saturated carbocycles. The van der Waals surface area contributed by atoms with Gasteiger partial charge in [-0.2, -0.15) is 5.10 Å². The number of ether oxygens (including phenoxy) is 1. The van der Waals surface area contributed by atoms with Gasteiger partial charge in [-0.15, -0.1) is 0 Å². The zero-order chi connectivity index (χ0) is 25.1. The molecule has 4 aromatic rings. The molecule has 182 valence electrons. The lowest BCUT2D eigenvalue weighted by atomic mass is 10.1.